The smallest absolute Gasteiger partial charge is 0.0501 e. The van der Waals surface area contributed by atoms with E-state index in [2.05, 4.69) is 4.90 Å². The largest absolute Gasteiger partial charge is 0.396 e. The molecule has 3 fully saturated rings. The highest BCUT2D eigenvalue weighted by molar-refractivity contribution is 4.91. The van der Waals surface area contributed by atoms with E-state index < -0.39 is 0 Å². The van der Waals surface area contributed by atoms with Crippen molar-refractivity contribution in [2.24, 2.45) is 10.8 Å². The Morgan fingerprint density at radius 2 is 1.50 bits per heavy atom. The van der Waals surface area contributed by atoms with Gasteiger partial charge in [0, 0.05) is 25.2 Å². The summed E-state index contributed by atoms with van der Waals surface area (Å²) in [5.74, 6) is 0. The molecule has 116 valence electrons. The Morgan fingerprint density at radius 1 is 0.850 bits per heavy atom. The van der Waals surface area contributed by atoms with Crippen molar-refractivity contribution in [1.82, 2.24) is 4.90 Å². The van der Waals surface area contributed by atoms with E-state index >= 15 is 0 Å². The second kappa shape index (κ2) is 6.33. The molecule has 0 aromatic rings. The van der Waals surface area contributed by atoms with Crippen molar-refractivity contribution < 1.29 is 9.84 Å². The number of ether oxygens (including phenoxy) is 1. The Balaban J connectivity index is 1.52. The maximum atomic E-state index is 9.83. The summed E-state index contributed by atoms with van der Waals surface area (Å²) in [7, 11) is 0. The van der Waals surface area contributed by atoms with Crippen LogP contribution in [-0.4, -0.2) is 49.5 Å². The summed E-state index contributed by atoms with van der Waals surface area (Å²) < 4.78 is 5.48. The molecular weight excluding hydrogens is 250 g/mol. The summed E-state index contributed by atoms with van der Waals surface area (Å²) >= 11 is 0. The number of rotatable bonds is 3. The molecule has 1 saturated carbocycles. The minimum absolute atomic E-state index is 0.120. The van der Waals surface area contributed by atoms with Crippen LogP contribution in [0.1, 0.15) is 57.8 Å². The second-order valence-electron chi connectivity index (χ2n) is 7.61. The van der Waals surface area contributed by atoms with Gasteiger partial charge in [-0.15, -0.1) is 0 Å². The van der Waals surface area contributed by atoms with Crippen LogP contribution < -0.4 is 0 Å². The molecule has 1 aliphatic carbocycles. The van der Waals surface area contributed by atoms with Crippen LogP contribution in [0.4, 0.5) is 0 Å². The average Bonchev–Trinajstić information content (AvgIpc) is 2.52. The van der Waals surface area contributed by atoms with Gasteiger partial charge in [0.2, 0.25) is 0 Å². The fraction of sp³-hybridized carbons (Fsp3) is 1.00. The predicted molar refractivity (Wildman–Crippen MR) is 80.8 cm³/mol. The van der Waals surface area contributed by atoms with Gasteiger partial charge in [0.25, 0.3) is 0 Å². The molecule has 20 heavy (non-hydrogen) atoms. The Hall–Kier alpha value is -0.120. The minimum atomic E-state index is 0.120. The summed E-state index contributed by atoms with van der Waals surface area (Å²) in [6, 6.07) is 0. The van der Waals surface area contributed by atoms with E-state index in [4.69, 9.17) is 4.74 Å². The molecule has 3 aliphatic rings. The van der Waals surface area contributed by atoms with Gasteiger partial charge >= 0.3 is 0 Å². The van der Waals surface area contributed by atoms with Gasteiger partial charge in [-0.3, -0.25) is 0 Å². The van der Waals surface area contributed by atoms with Gasteiger partial charge in [-0.25, -0.2) is 0 Å². The lowest BCUT2D eigenvalue weighted by Gasteiger charge is -2.47. The third-order valence-corrected chi connectivity index (χ3v) is 6.28. The van der Waals surface area contributed by atoms with Crippen molar-refractivity contribution in [3.63, 3.8) is 0 Å². The first-order valence-electron chi connectivity index (χ1n) is 8.67. The molecular formula is C17H31NO2. The molecule has 0 aromatic heterocycles. The molecule has 0 aromatic carbocycles. The first-order chi connectivity index (χ1) is 9.76. The number of nitrogens with zero attached hydrogens (tertiary/aromatic N) is 1. The molecule has 0 radical (unpaired) electrons. The SMILES string of the molecule is OCC1(CN2CCC3(CCCCC3)CC2)CCOCC1. The Kier molecular flexibility index (Phi) is 4.68. The van der Waals surface area contributed by atoms with Crippen LogP contribution in [0, 0.1) is 10.8 Å². The monoisotopic (exact) mass is 281 g/mol. The van der Waals surface area contributed by atoms with Gasteiger partial charge in [0.15, 0.2) is 0 Å². The van der Waals surface area contributed by atoms with Crippen LogP contribution in [0.15, 0.2) is 0 Å². The number of hydrogen-bond acceptors (Lipinski definition) is 3. The van der Waals surface area contributed by atoms with E-state index in [9.17, 15) is 5.11 Å². The highest BCUT2D eigenvalue weighted by atomic mass is 16.5. The van der Waals surface area contributed by atoms with Crippen LogP contribution in [0.25, 0.3) is 0 Å². The molecule has 2 heterocycles. The van der Waals surface area contributed by atoms with Gasteiger partial charge < -0.3 is 14.7 Å². The zero-order valence-corrected chi connectivity index (χ0v) is 12.9. The first kappa shape index (κ1) is 14.8. The van der Waals surface area contributed by atoms with E-state index in [1.54, 1.807) is 0 Å². The lowest BCUT2D eigenvalue weighted by Crippen LogP contribution is -2.48. The van der Waals surface area contributed by atoms with E-state index in [1.165, 1.54) is 58.0 Å². The standard InChI is InChI=1S/C17H31NO2/c19-15-17(8-12-20-13-9-17)14-18-10-6-16(7-11-18)4-2-1-3-5-16/h19H,1-15H2. The van der Waals surface area contributed by atoms with Crippen molar-refractivity contribution in [2.75, 3.05) is 39.5 Å². The van der Waals surface area contributed by atoms with Crippen molar-refractivity contribution >= 4 is 0 Å². The number of hydrogen-bond donors (Lipinski definition) is 1. The van der Waals surface area contributed by atoms with Crippen LogP contribution in [0.3, 0.4) is 0 Å². The van der Waals surface area contributed by atoms with E-state index in [1.807, 2.05) is 0 Å². The molecule has 3 rings (SSSR count). The maximum Gasteiger partial charge on any atom is 0.0501 e. The summed E-state index contributed by atoms with van der Waals surface area (Å²) in [5, 5.41) is 9.83. The van der Waals surface area contributed by atoms with Crippen molar-refractivity contribution in [3.8, 4) is 0 Å². The number of piperidine rings is 1. The molecule has 2 aliphatic heterocycles. The normalized spacial score (nSPS) is 30.4. The highest BCUT2D eigenvalue weighted by Crippen LogP contribution is 2.45. The van der Waals surface area contributed by atoms with Gasteiger partial charge in [0.1, 0.15) is 0 Å². The minimum Gasteiger partial charge on any atom is -0.396 e. The van der Waals surface area contributed by atoms with Crippen molar-refractivity contribution in [2.45, 2.75) is 57.8 Å². The Labute approximate surface area is 123 Å². The Morgan fingerprint density at radius 3 is 2.10 bits per heavy atom. The van der Waals surface area contributed by atoms with Gasteiger partial charge in [-0.2, -0.15) is 0 Å². The zero-order valence-electron chi connectivity index (χ0n) is 12.9. The van der Waals surface area contributed by atoms with Gasteiger partial charge in [0.05, 0.1) is 6.61 Å². The molecule has 3 nitrogen and oxygen atoms in total. The molecule has 1 spiro atoms. The third kappa shape index (κ3) is 3.20. The van der Waals surface area contributed by atoms with Crippen LogP contribution >= 0.6 is 0 Å². The topological polar surface area (TPSA) is 32.7 Å². The molecule has 2 saturated heterocycles. The van der Waals surface area contributed by atoms with E-state index in [0.29, 0.717) is 12.0 Å². The summed E-state index contributed by atoms with van der Waals surface area (Å²) in [6.45, 7) is 5.59. The average molecular weight is 281 g/mol. The lowest BCUT2D eigenvalue weighted by molar-refractivity contribution is -0.0454. The molecule has 0 amide bonds. The van der Waals surface area contributed by atoms with Gasteiger partial charge in [-0.05, 0) is 57.0 Å². The zero-order chi connectivity index (χ0) is 13.9. The number of aliphatic hydroxyl groups is 1. The molecule has 0 atom stereocenters. The maximum absolute atomic E-state index is 9.83. The second-order valence-corrected chi connectivity index (χ2v) is 7.61. The number of likely N-dealkylation sites (tertiary alicyclic amines) is 1. The molecule has 0 bridgehead atoms. The van der Waals surface area contributed by atoms with Crippen LogP contribution in [0.2, 0.25) is 0 Å². The van der Waals surface area contributed by atoms with E-state index in [-0.39, 0.29) is 5.41 Å². The Bertz CT molecular complexity index is 296. The van der Waals surface area contributed by atoms with Crippen LogP contribution in [0.5, 0.6) is 0 Å². The summed E-state index contributed by atoms with van der Waals surface area (Å²) in [4.78, 5) is 2.63. The van der Waals surface area contributed by atoms with Crippen molar-refractivity contribution in [3.05, 3.63) is 0 Å². The van der Waals surface area contributed by atoms with Crippen molar-refractivity contribution in [1.29, 1.82) is 0 Å². The van der Waals surface area contributed by atoms with Gasteiger partial charge in [-0.1, -0.05) is 19.3 Å². The number of aliphatic hydroxyl groups excluding tert-OH is 1. The summed E-state index contributed by atoms with van der Waals surface area (Å²) in [6.07, 6.45) is 12.2. The predicted octanol–water partition coefficient (Wildman–Crippen LogP) is 2.82. The van der Waals surface area contributed by atoms with Crippen LogP contribution in [-0.2, 0) is 4.74 Å². The molecule has 3 heteroatoms. The fourth-order valence-corrected chi connectivity index (χ4v) is 4.63. The van der Waals surface area contributed by atoms with E-state index in [0.717, 1.165) is 32.6 Å². The highest BCUT2D eigenvalue weighted by Gasteiger charge is 2.39. The first-order valence-corrected chi connectivity index (χ1v) is 8.67. The fourth-order valence-electron chi connectivity index (χ4n) is 4.63. The molecule has 0 unspecified atom stereocenters. The molecule has 1 N–H and O–H groups in total. The quantitative estimate of drug-likeness (QED) is 0.863. The lowest BCUT2D eigenvalue weighted by atomic mass is 9.68. The summed E-state index contributed by atoms with van der Waals surface area (Å²) in [5.41, 5.74) is 0.812. The third-order valence-electron chi connectivity index (χ3n) is 6.28.